The molecule has 1 saturated heterocycles. The van der Waals surface area contributed by atoms with Gasteiger partial charge in [0.15, 0.2) is 0 Å². The van der Waals surface area contributed by atoms with Crippen molar-refractivity contribution in [3.05, 3.63) is 28.7 Å². The van der Waals surface area contributed by atoms with E-state index >= 15 is 0 Å². The molecule has 1 nitrogen and oxygen atoms in total. The number of anilines is 1. The van der Waals surface area contributed by atoms with Crippen molar-refractivity contribution in [3.8, 4) is 0 Å². The first-order valence-electron chi connectivity index (χ1n) is 5.17. The van der Waals surface area contributed by atoms with Gasteiger partial charge in [0.1, 0.15) is 0 Å². The van der Waals surface area contributed by atoms with E-state index in [0.717, 1.165) is 16.3 Å². The van der Waals surface area contributed by atoms with Crippen LogP contribution in [0.3, 0.4) is 0 Å². The Morgan fingerprint density at radius 1 is 1.21 bits per heavy atom. The summed E-state index contributed by atoms with van der Waals surface area (Å²) in [6.07, 6.45) is 0. The topological polar surface area (TPSA) is 3.24 Å². The molecule has 76 valence electrons. The third-order valence-electron chi connectivity index (χ3n) is 3.04. The normalized spacial score (nSPS) is 17.3. The van der Waals surface area contributed by atoms with Crippen molar-refractivity contribution in [1.29, 1.82) is 0 Å². The standard InChI is InChI=1S/C12H16BrN/c1-9(2)10-7-14(8-10)12-5-3-11(13)4-6-12/h3-6,9-10H,7-8H2,1-2H3. The fourth-order valence-electron chi connectivity index (χ4n) is 1.80. The summed E-state index contributed by atoms with van der Waals surface area (Å²) in [6, 6.07) is 8.58. The average Bonchev–Trinajstić information content (AvgIpc) is 2.05. The van der Waals surface area contributed by atoms with Crippen LogP contribution >= 0.6 is 15.9 Å². The third-order valence-corrected chi connectivity index (χ3v) is 3.57. The minimum Gasteiger partial charge on any atom is -0.371 e. The van der Waals surface area contributed by atoms with Crippen LogP contribution in [0.25, 0.3) is 0 Å². The van der Waals surface area contributed by atoms with E-state index in [1.54, 1.807) is 0 Å². The fourth-order valence-corrected chi connectivity index (χ4v) is 2.06. The van der Waals surface area contributed by atoms with Crippen molar-refractivity contribution in [2.45, 2.75) is 13.8 Å². The third kappa shape index (κ3) is 1.95. The molecule has 0 aromatic heterocycles. The molecule has 0 N–H and O–H groups in total. The Balaban J connectivity index is 1.96. The summed E-state index contributed by atoms with van der Waals surface area (Å²) in [5, 5.41) is 0. The summed E-state index contributed by atoms with van der Waals surface area (Å²) in [4.78, 5) is 2.44. The maximum Gasteiger partial charge on any atom is 0.0367 e. The van der Waals surface area contributed by atoms with Gasteiger partial charge in [-0.3, -0.25) is 0 Å². The van der Waals surface area contributed by atoms with E-state index < -0.39 is 0 Å². The molecule has 0 unspecified atom stereocenters. The molecule has 1 aliphatic rings. The first-order valence-corrected chi connectivity index (χ1v) is 5.96. The predicted octanol–water partition coefficient (Wildman–Crippen LogP) is 3.54. The van der Waals surface area contributed by atoms with Gasteiger partial charge in [-0.15, -0.1) is 0 Å². The monoisotopic (exact) mass is 253 g/mol. The van der Waals surface area contributed by atoms with E-state index in [9.17, 15) is 0 Å². The van der Waals surface area contributed by atoms with Crippen LogP contribution in [0.5, 0.6) is 0 Å². The van der Waals surface area contributed by atoms with Crippen LogP contribution in [-0.2, 0) is 0 Å². The summed E-state index contributed by atoms with van der Waals surface area (Å²) < 4.78 is 1.15. The van der Waals surface area contributed by atoms with E-state index in [1.807, 2.05) is 0 Å². The van der Waals surface area contributed by atoms with Crippen LogP contribution in [0.1, 0.15) is 13.8 Å². The molecular weight excluding hydrogens is 238 g/mol. The molecule has 0 atom stereocenters. The molecule has 2 rings (SSSR count). The molecule has 1 aromatic carbocycles. The van der Waals surface area contributed by atoms with Crippen LogP contribution in [0.4, 0.5) is 5.69 Å². The molecule has 0 aliphatic carbocycles. The predicted molar refractivity (Wildman–Crippen MR) is 64.7 cm³/mol. The molecule has 1 heterocycles. The highest BCUT2D eigenvalue weighted by Crippen LogP contribution is 2.29. The van der Waals surface area contributed by atoms with Gasteiger partial charge in [-0.05, 0) is 36.1 Å². The van der Waals surface area contributed by atoms with Gasteiger partial charge in [0.25, 0.3) is 0 Å². The fraction of sp³-hybridized carbons (Fsp3) is 0.500. The maximum absolute atomic E-state index is 3.45. The number of rotatable bonds is 2. The Labute approximate surface area is 94.2 Å². The zero-order valence-electron chi connectivity index (χ0n) is 8.70. The van der Waals surface area contributed by atoms with Gasteiger partial charge in [0.05, 0.1) is 0 Å². The van der Waals surface area contributed by atoms with Gasteiger partial charge >= 0.3 is 0 Å². The summed E-state index contributed by atoms with van der Waals surface area (Å²) in [7, 11) is 0. The lowest BCUT2D eigenvalue weighted by molar-refractivity contribution is 0.310. The van der Waals surface area contributed by atoms with E-state index in [2.05, 4.69) is 58.9 Å². The summed E-state index contributed by atoms with van der Waals surface area (Å²) in [5.74, 6) is 1.71. The molecule has 0 saturated carbocycles. The molecule has 2 heteroatoms. The quantitative estimate of drug-likeness (QED) is 0.780. The summed E-state index contributed by atoms with van der Waals surface area (Å²) >= 11 is 3.45. The first-order chi connectivity index (χ1) is 6.66. The Bertz CT molecular complexity index is 299. The zero-order chi connectivity index (χ0) is 10.1. The van der Waals surface area contributed by atoms with Crippen molar-refractivity contribution in [2.24, 2.45) is 11.8 Å². The van der Waals surface area contributed by atoms with Gasteiger partial charge in [-0.2, -0.15) is 0 Å². The first kappa shape index (κ1) is 10.0. The van der Waals surface area contributed by atoms with Gasteiger partial charge in [-0.1, -0.05) is 29.8 Å². The molecule has 0 amide bonds. The van der Waals surface area contributed by atoms with Crippen LogP contribution in [0, 0.1) is 11.8 Å². The minimum atomic E-state index is 0.821. The second kappa shape index (κ2) is 3.93. The zero-order valence-corrected chi connectivity index (χ0v) is 10.3. The summed E-state index contributed by atoms with van der Waals surface area (Å²) in [6.45, 7) is 7.06. The Hall–Kier alpha value is -0.500. The van der Waals surface area contributed by atoms with Crippen molar-refractivity contribution in [2.75, 3.05) is 18.0 Å². The van der Waals surface area contributed by atoms with Crippen molar-refractivity contribution < 1.29 is 0 Å². The lowest BCUT2D eigenvalue weighted by atomic mass is 9.88. The second-order valence-electron chi connectivity index (χ2n) is 4.39. The number of hydrogen-bond acceptors (Lipinski definition) is 1. The van der Waals surface area contributed by atoms with E-state index in [1.165, 1.54) is 18.8 Å². The number of nitrogens with zero attached hydrogens (tertiary/aromatic N) is 1. The van der Waals surface area contributed by atoms with Crippen LogP contribution in [0.2, 0.25) is 0 Å². The van der Waals surface area contributed by atoms with Gasteiger partial charge < -0.3 is 4.90 Å². The number of benzene rings is 1. The van der Waals surface area contributed by atoms with Crippen LogP contribution in [-0.4, -0.2) is 13.1 Å². The average molecular weight is 254 g/mol. The molecule has 1 aliphatic heterocycles. The Kier molecular flexibility index (Phi) is 2.82. The smallest absolute Gasteiger partial charge is 0.0367 e. The van der Waals surface area contributed by atoms with Gasteiger partial charge in [-0.25, -0.2) is 0 Å². The molecular formula is C12H16BrN. The van der Waals surface area contributed by atoms with Crippen LogP contribution < -0.4 is 4.90 Å². The van der Waals surface area contributed by atoms with Crippen molar-refractivity contribution >= 4 is 21.6 Å². The highest BCUT2D eigenvalue weighted by Gasteiger charge is 2.28. The molecule has 14 heavy (non-hydrogen) atoms. The molecule has 1 aromatic rings. The van der Waals surface area contributed by atoms with E-state index in [-0.39, 0.29) is 0 Å². The van der Waals surface area contributed by atoms with E-state index in [0.29, 0.717) is 0 Å². The highest BCUT2D eigenvalue weighted by molar-refractivity contribution is 9.10. The van der Waals surface area contributed by atoms with Gasteiger partial charge in [0.2, 0.25) is 0 Å². The molecule has 0 spiro atoms. The molecule has 1 fully saturated rings. The van der Waals surface area contributed by atoms with Crippen LogP contribution in [0.15, 0.2) is 28.7 Å². The number of hydrogen-bond donors (Lipinski definition) is 0. The van der Waals surface area contributed by atoms with E-state index in [4.69, 9.17) is 0 Å². The minimum absolute atomic E-state index is 0.821. The maximum atomic E-state index is 3.45. The van der Waals surface area contributed by atoms with Gasteiger partial charge in [0, 0.05) is 23.2 Å². The lowest BCUT2D eigenvalue weighted by Crippen LogP contribution is -2.49. The Morgan fingerprint density at radius 2 is 1.79 bits per heavy atom. The number of halogens is 1. The molecule has 0 bridgehead atoms. The molecule has 0 radical (unpaired) electrons. The summed E-state index contributed by atoms with van der Waals surface area (Å²) in [5.41, 5.74) is 1.35. The Morgan fingerprint density at radius 3 is 2.29 bits per heavy atom. The second-order valence-corrected chi connectivity index (χ2v) is 5.30. The lowest BCUT2D eigenvalue weighted by Gasteiger charge is -2.43. The SMILES string of the molecule is CC(C)C1CN(c2ccc(Br)cc2)C1. The van der Waals surface area contributed by atoms with Crippen molar-refractivity contribution in [3.63, 3.8) is 0 Å². The van der Waals surface area contributed by atoms with Crippen molar-refractivity contribution in [1.82, 2.24) is 0 Å². The largest absolute Gasteiger partial charge is 0.371 e. The highest BCUT2D eigenvalue weighted by atomic mass is 79.9.